The molecule has 4 nitrogen and oxygen atoms in total. The maximum Gasteiger partial charge on any atom is 0.191 e. The second kappa shape index (κ2) is 8.11. The van der Waals surface area contributed by atoms with Gasteiger partial charge in [-0.25, -0.2) is 4.39 Å². The number of guanidine groups is 1. The number of nitrogens with zero attached hydrogens (tertiary/aromatic N) is 2. The van der Waals surface area contributed by atoms with Crippen molar-refractivity contribution in [1.29, 1.82) is 5.26 Å². The van der Waals surface area contributed by atoms with Gasteiger partial charge in [0, 0.05) is 13.6 Å². The van der Waals surface area contributed by atoms with Crippen LogP contribution >= 0.6 is 0 Å². The van der Waals surface area contributed by atoms with E-state index in [2.05, 4.69) is 21.7 Å². The number of hydrogen-bond donors (Lipinski definition) is 2. The lowest BCUT2D eigenvalue weighted by molar-refractivity contribution is 0.607. The zero-order chi connectivity index (χ0) is 17.5. The maximum absolute atomic E-state index is 13.7. The fourth-order valence-electron chi connectivity index (χ4n) is 2.24. The van der Waals surface area contributed by atoms with Gasteiger partial charge in [0.25, 0.3) is 0 Å². The lowest BCUT2D eigenvalue weighted by Gasteiger charge is -2.18. The summed E-state index contributed by atoms with van der Waals surface area (Å²) in [4.78, 5) is 4.19. The highest BCUT2D eigenvalue weighted by Gasteiger charge is 2.09. The molecule has 0 aliphatic heterocycles. The van der Waals surface area contributed by atoms with Crippen LogP contribution < -0.4 is 10.6 Å². The summed E-state index contributed by atoms with van der Waals surface area (Å²) in [5, 5.41) is 15.3. The number of aryl methyl sites for hydroxylation is 1. The zero-order valence-electron chi connectivity index (χ0n) is 14.1. The molecule has 2 rings (SSSR count). The minimum absolute atomic E-state index is 0.0766. The van der Waals surface area contributed by atoms with Crippen molar-refractivity contribution in [2.24, 2.45) is 4.99 Å². The molecule has 0 heterocycles. The fraction of sp³-hybridized carbons (Fsp3) is 0.263. The van der Waals surface area contributed by atoms with Crippen molar-refractivity contribution in [3.05, 3.63) is 70.5 Å². The number of halogens is 1. The molecule has 124 valence electrons. The summed E-state index contributed by atoms with van der Waals surface area (Å²) in [7, 11) is 1.69. The van der Waals surface area contributed by atoms with Gasteiger partial charge in [-0.2, -0.15) is 5.26 Å². The number of nitrogens with one attached hydrogen (secondary N) is 2. The van der Waals surface area contributed by atoms with Gasteiger partial charge in [0.15, 0.2) is 5.96 Å². The van der Waals surface area contributed by atoms with E-state index in [1.165, 1.54) is 0 Å². The van der Waals surface area contributed by atoms with E-state index in [-0.39, 0.29) is 11.9 Å². The Kier molecular flexibility index (Phi) is 5.91. The Morgan fingerprint density at radius 3 is 2.54 bits per heavy atom. The van der Waals surface area contributed by atoms with Crippen LogP contribution in [-0.4, -0.2) is 13.0 Å². The molecule has 5 heteroatoms. The van der Waals surface area contributed by atoms with Gasteiger partial charge in [-0.15, -0.1) is 0 Å². The van der Waals surface area contributed by atoms with Gasteiger partial charge in [0.1, 0.15) is 5.82 Å². The molecule has 0 aliphatic rings. The highest BCUT2D eigenvalue weighted by atomic mass is 19.1. The third-order valence-electron chi connectivity index (χ3n) is 3.82. The van der Waals surface area contributed by atoms with E-state index in [0.29, 0.717) is 23.6 Å². The van der Waals surface area contributed by atoms with E-state index in [1.807, 2.05) is 25.1 Å². The standard InChI is InChI=1S/C19H21FN4/c1-13-4-9-17(10-18(13)20)14(2)24-19(22-3)23-12-16-7-5-15(11-21)6-8-16/h4-10,14H,12H2,1-3H3,(H2,22,23,24). The van der Waals surface area contributed by atoms with Crippen LogP contribution in [0, 0.1) is 24.1 Å². The first kappa shape index (κ1) is 17.5. The first-order valence-electron chi connectivity index (χ1n) is 7.75. The van der Waals surface area contributed by atoms with Crippen LogP contribution in [-0.2, 0) is 6.54 Å². The van der Waals surface area contributed by atoms with Gasteiger partial charge in [-0.05, 0) is 48.7 Å². The van der Waals surface area contributed by atoms with Gasteiger partial charge in [0.05, 0.1) is 17.7 Å². The van der Waals surface area contributed by atoms with Crippen LogP contribution in [0.1, 0.15) is 35.2 Å². The van der Waals surface area contributed by atoms with Crippen LogP contribution in [0.3, 0.4) is 0 Å². The summed E-state index contributed by atoms with van der Waals surface area (Å²) in [6.45, 7) is 4.29. The maximum atomic E-state index is 13.7. The van der Waals surface area contributed by atoms with E-state index in [0.717, 1.165) is 11.1 Å². The Hall–Kier alpha value is -2.87. The molecule has 2 N–H and O–H groups in total. The minimum Gasteiger partial charge on any atom is -0.352 e. The number of benzene rings is 2. The van der Waals surface area contributed by atoms with Gasteiger partial charge >= 0.3 is 0 Å². The molecule has 0 radical (unpaired) electrons. The minimum atomic E-state index is -0.207. The third kappa shape index (κ3) is 4.56. The Bertz CT molecular complexity index is 760. The van der Waals surface area contributed by atoms with Crippen LogP contribution in [0.2, 0.25) is 0 Å². The summed E-state index contributed by atoms with van der Waals surface area (Å²) < 4.78 is 13.7. The predicted molar refractivity (Wildman–Crippen MR) is 94.0 cm³/mol. The number of hydrogen-bond acceptors (Lipinski definition) is 2. The van der Waals surface area contributed by atoms with Crippen LogP contribution in [0.4, 0.5) is 4.39 Å². The number of rotatable bonds is 4. The van der Waals surface area contributed by atoms with Gasteiger partial charge < -0.3 is 10.6 Å². The molecule has 0 amide bonds. The highest BCUT2D eigenvalue weighted by molar-refractivity contribution is 5.80. The summed E-state index contributed by atoms with van der Waals surface area (Å²) in [5.74, 6) is 0.425. The molecule has 0 saturated carbocycles. The highest BCUT2D eigenvalue weighted by Crippen LogP contribution is 2.16. The molecule has 0 saturated heterocycles. The average Bonchev–Trinajstić information content (AvgIpc) is 2.61. The second-order valence-corrected chi connectivity index (χ2v) is 5.61. The summed E-state index contributed by atoms with van der Waals surface area (Å²) in [6, 6.07) is 14.6. The normalized spacial score (nSPS) is 12.4. The molecule has 0 bridgehead atoms. The lowest BCUT2D eigenvalue weighted by Crippen LogP contribution is -2.38. The first-order chi connectivity index (χ1) is 11.5. The molecular weight excluding hydrogens is 303 g/mol. The lowest BCUT2D eigenvalue weighted by atomic mass is 10.1. The van der Waals surface area contributed by atoms with Crippen molar-refractivity contribution in [2.75, 3.05) is 7.05 Å². The molecule has 2 aromatic rings. The van der Waals surface area contributed by atoms with E-state index in [4.69, 9.17) is 5.26 Å². The molecule has 1 atom stereocenters. The molecule has 0 spiro atoms. The van der Waals surface area contributed by atoms with Crippen molar-refractivity contribution in [3.63, 3.8) is 0 Å². The predicted octanol–water partition coefficient (Wildman–Crippen LogP) is 3.43. The van der Waals surface area contributed by atoms with Gasteiger partial charge in [-0.3, -0.25) is 4.99 Å². The quantitative estimate of drug-likeness (QED) is 0.669. The molecular formula is C19H21FN4. The Morgan fingerprint density at radius 1 is 1.25 bits per heavy atom. The van der Waals surface area contributed by atoms with Crippen molar-refractivity contribution in [3.8, 4) is 6.07 Å². The molecule has 1 unspecified atom stereocenters. The fourth-order valence-corrected chi connectivity index (χ4v) is 2.24. The Morgan fingerprint density at radius 2 is 1.96 bits per heavy atom. The first-order valence-corrected chi connectivity index (χ1v) is 7.75. The topological polar surface area (TPSA) is 60.2 Å². The summed E-state index contributed by atoms with van der Waals surface area (Å²) in [6.07, 6.45) is 0. The smallest absolute Gasteiger partial charge is 0.191 e. The van der Waals surface area contributed by atoms with Crippen molar-refractivity contribution in [1.82, 2.24) is 10.6 Å². The zero-order valence-corrected chi connectivity index (χ0v) is 14.1. The van der Waals surface area contributed by atoms with E-state index in [1.54, 1.807) is 38.2 Å². The van der Waals surface area contributed by atoms with E-state index >= 15 is 0 Å². The molecule has 2 aromatic carbocycles. The molecule has 24 heavy (non-hydrogen) atoms. The van der Waals surface area contributed by atoms with Crippen molar-refractivity contribution in [2.45, 2.75) is 26.4 Å². The molecule has 0 aliphatic carbocycles. The monoisotopic (exact) mass is 324 g/mol. The molecule has 0 fully saturated rings. The Balaban J connectivity index is 1.96. The number of aliphatic imine (C=N–C) groups is 1. The SMILES string of the molecule is CN=C(NCc1ccc(C#N)cc1)NC(C)c1ccc(C)c(F)c1. The summed E-state index contributed by atoms with van der Waals surface area (Å²) in [5.41, 5.74) is 3.18. The van der Waals surface area contributed by atoms with Crippen LogP contribution in [0.5, 0.6) is 0 Å². The largest absolute Gasteiger partial charge is 0.352 e. The van der Waals surface area contributed by atoms with Crippen molar-refractivity contribution < 1.29 is 4.39 Å². The third-order valence-corrected chi connectivity index (χ3v) is 3.82. The second-order valence-electron chi connectivity index (χ2n) is 5.61. The van der Waals surface area contributed by atoms with E-state index < -0.39 is 0 Å². The number of nitriles is 1. The molecule has 0 aromatic heterocycles. The van der Waals surface area contributed by atoms with Crippen molar-refractivity contribution >= 4 is 5.96 Å². The summed E-state index contributed by atoms with van der Waals surface area (Å²) >= 11 is 0. The van der Waals surface area contributed by atoms with Crippen LogP contribution in [0.15, 0.2) is 47.5 Å². The Labute approximate surface area is 142 Å². The average molecular weight is 324 g/mol. The van der Waals surface area contributed by atoms with Crippen LogP contribution in [0.25, 0.3) is 0 Å². The van der Waals surface area contributed by atoms with Gasteiger partial charge in [-0.1, -0.05) is 24.3 Å². The van der Waals surface area contributed by atoms with Gasteiger partial charge in [0.2, 0.25) is 0 Å². The van der Waals surface area contributed by atoms with E-state index in [9.17, 15) is 4.39 Å².